The first-order valence-corrected chi connectivity index (χ1v) is 7.21. The summed E-state index contributed by atoms with van der Waals surface area (Å²) in [6.45, 7) is 9.38. The van der Waals surface area contributed by atoms with E-state index in [4.69, 9.17) is 0 Å². The molecule has 1 atom stereocenters. The van der Waals surface area contributed by atoms with Crippen LogP contribution < -0.4 is 5.32 Å². The molecule has 0 saturated heterocycles. The molecule has 0 radical (unpaired) electrons. The van der Waals surface area contributed by atoms with Gasteiger partial charge in [0.15, 0.2) is 0 Å². The molecule has 0 amide bonds. The summed E-state index contributed by atoms with van der Waals surface area (Å²) in [4.78, 5) is 9.17. The minimum Gasteiger partial charge on any atom is -0.310 e. The number of nitrogens with one attached hydrogen (secondary N) is 1. The van der Waals surface area contributed by atoms with Gasteiger partial charge in [0, 0.05) is 29.9 Å². The standard InChI is InChI=1S/C17H23N3/c1-5-18-13(3)16-11-19-17(20-14(16)4)10-15-8-6-7-12(2)9-15/h6-9,11,13,18H,5,10H2,1-4H3. The van der Waals surface area contributed by atoms with E-state index in [-0.39, 0.29) is 0 Å². The fourth-order valence-corrected chi connectivity index (χ4v) is 2.46. The van der Waals surface area contributed by atoms with Gasteiger partial charge in [-0.05, 0) is 32.9 Å². The number of hydrogen-bond donors (Lipinski definition) is 1. The minimum atomic E-state index is 0.299. The van der Waals surface area contributed by atoms with Crippen molar-refractivity contribution in [3.05, 3.63) is 58.7 Å². The van der Waals surface area contributed by atoms with Crippen molar-refractivity contribution in [1.82, 2.24) is 15.3 Å². The first-order chi connectivity index (χ1) is 9.60. The summed E-state index contributed by atoms with van der Waals surface area (Å²) < 4.78 is 0. The normalized spacial score (nSPS) is 12.4. The zero-order chi connectivity index (χ0) is 14.5. The Hall–Kier alpha value is -1.74. The van der Waals surface area contributed by atoms with Gasteiger partial charge in [-0.2, -0.15) is 0 Å². The average molecular weight is 269 g/mol. The molecule has 0 bridgehead atoms. The minimum absolute atomic E-state index is 0.299. The van der Waals surface area contributed by atoms with Crippen LogP contribution in [0.15, 0.2) is 30.5 Å². The Bertz CT molecular complexity index is 578. The van der Waals surface area contributed by atoms with Gasteiger partial charge in [-0.25, -0.2) is 9.97 Å². The van der Waals surface area contributed by atoms with Crippen LogP contribution in [0.3, 0.4) is 0 Å². The highest BCUT2D eigenvalue weighted by atomic mass is 14.9. The third kappa shape index (κ3) is 3.64. The van der Waals surface area contributed by atoms with E-state index < -0.39 is 0 Å². The third-order valence-electron chi connectivity index (χ3n) is 3.49. The highest BCUT2D eigenvalue weighted by molar-refractivity contribution is 5.26. The van der Waals surface area contributed by atoms with Crippen LogP contribution >= 0.6 is 0 Å². The van der Waals surface area contributed by atoms with Gasteiger partial charge in [-0.3, -0.25) is 0 Å². The van der Waals surface area contributed by atoms with Crippen LogP contribution in [0.1, 0.15) is 48.1 Å². The summed E-state index contributed by atoms with van der Waals surface area (Å²) in [7, 11) is 0. The molecule has 0 aliphatic rings. The molecular formula is C17H23N3. The molecule has 106 valence electrons. The van der Waals surface area contributed by atoms with E-state index in [0.29, 0.717) is 6.04 Å². The summed E-state index contributed by atoms with van der Waals surface area (Å²) in [6.07, 6.45) is 2.75. The zero-order valence-corrected chi connectivity index (χ0v) is 12.8. The molecule has 2 rings (SSSR count). The number of benzene rings is 1. The first kappa shape index (κ1) is 14.7. The Balaban J connectivity index is 2.17. The molecule has 1 unspecified atom stereocenters. The molecule has 1 N–H and O–H groups in total. The molecule has 1 heterocycles. The van der Waals surface area contributed by atoms with Crippen LogP contribution in [-0.4, -0.2) is 16.5 Å². The van der Waals surface area contributed by atoms with Gasteiger partial charge in [-0.15, -0.1) is 0 Å². The second-order valence-electron chi connectivity index (χ2n) is 5.27. The lowest BCUT2D eigenvalue weighted by Gasteiger charge is -2.15. The van der Waals surface area contributed by atoms with E-state index in [0.717, 1.165) is 24.5 Å². The summed E-state index contributed by atoms with van der Waals surface area (Å²) in [5.41, 5.74) is 4.78. The van der Waals surface area contributed by atoms with Gasteiger partial charge >= 0.3 is 0 Å². The van der Waals surface area contributed by atoms with E-state index in [9.17, 15) is 0 Å². The topological polar surface area (TPSA) is 37.8 Å². The predicted molar refractivity (Wildman–Crippen MR) is 82.8 cm³/mol. The molecule has 0 aliphatic heterocycles. The fourth-order valence-electron chi connectivity index (χ4n) is 2.46. The Morgan fingerprint density at radius 2 is 2.05 bits per heavy atom. The van der Waals surface area contributed by atoms with Crippen molar-refractivity contribution in [2.75, 3.05) is 6.54 Å². The summed E-state index contributed by atoms with van der Waals surface area (Å²) in [5.74, 6) is 0.889. The number of aryl methyl sites for hydroxylation is 2. The van der Waals surface area contributed by atoms with Crippen LogP contribution in [0.5, 0.6) is 0 Å². The Morgan fingerprint density at radius 1 is 1.25 bits per heavy atom. The monoisotopic (exact) mass is 269 g/mol. The molecule has 0 fully saturated rings. The van der Waals surface area contributed by atoms with Crippen LogP contribution in [0.4, 0.5) is 0 Å². The van der Waals surface area contributed by atoms with Gasteiger partial charge in [-0.1, -0.05) is 36.8 Å². The maximum atomic E-state index is 4.65. The van der Waals surface area contributed by atoms with E-state index >= 15 is 0 Å². The molecule has 0 aliphatic carbocycles. The maximum Gasteiger partial charge on any atom is 0.132 e. The van der Waals surface area contributed by atoms with Crippen molar-refractivity contribution in [2.24, 2.45) is 0 Å². The van der Waals surface area contributed by atoms with Crippen molar-refractivity contribution in [2.45, 2.75) is 40.2 Å². The molecule has 0 saturated carbocycles. The predicted octanol–water partition coefficient (Wildman–Crippen LogP) is 3.35. The number of rotatable bonds is 5. The first-order valence-electron chi connectivity index (χ1n) is 7.21. The van der Waals surface area contributed by atoms with E-state index in [1.54, 1.807) is 0 Å². The Labute approximate surface area is 121 Å². The van der Waals surface area contributed by atoms with Crippen molar-refractivity contribution in [1.29, 1.82) is 0 Å². The third-order valence-corrected chi connectivity index (χ3v) is 3.49. The van der Waals surface area contributed by atoms with Crippen molar-refractivity contribution >= 4 is 0 Å². The van der Waals surface area contributed by atoms with Crippen LogP contribution in [0.25, 0.3) is 0 Å². The van der Waals surface area contributed by atoms with Gasteiger partial charge < -0.3 is 5.32 Å². The van der Waals surface area contributed by atoms with Crippen molar-refractivity contribution < 1.29 is 0 Å². The SMILES string of the molecule is CCNC(C)c1cnc(Cc2cccc(C)c2)nc1C. The maximum absolute atomic E-state index is 4.65. The average Bonchev–Trinajstić information content (AvgIpc) is 2.39. The van der Waals surface area contributed by atoms with E-state index in [2.05, 4.69) is 67.2 Å². The Kier molecular flexibility index (Phi) is 4.85. The lowest BCUT2D eigenvalue weighted by molar-refractivity contribution is 0.588. The van der Waals surface area contributed by atoms with E-state index in [1.807, 2.05) is 6.20 Å². The lowest BCUT2D eigenvalue weighted by atomic mass is 10.1. The van der Waals surface area contributed by atoms with Gasteiger partial charge in [0.1, 0.15) is 5.82 Å². The van der Waals surface area contributed by atoms with Crippen LogP contribution in [0, 0.1) is 13.8 Å². The quantitative estimate of drug-likeness (QED) is 0.904. The molecule has 1 aromatic heterocycles. The number of hydrogen-bond acceptors (Lipinski definition) is 3. The smallest absolute Gasteiger partial charge is 0.132 e. The van der Waals surface area contributed by atoms with Crippen molar-refractivity contribution in [3.63, 3.8) is 0 Å². The molecule has 3 nitrogen and oxygen atoms in total. The molecule has 20 heavy (non-hydrogen) atoms. The molecular weight excluding hydrogens is 246 g/mol. The summed E-state index contributed by atoms with van der Waals surface area (Å²) in [6, 6.07) is 8.80. The molecule has 1 aromatic carbocycles. The molecule has 0 spiro atoms. The Morgan fingerprint density at radius 3 is 2.70 bits per heavy atom. The molecule has 3 heteroatoms. The van der Waals surface area contributed by atoms with E-state index in [1.165, 1.54) is 16.7 Å². The second kappa shape index (κ2) is 6.62. The molecule has 2 aromatic rings. The highest BCUT2D eigenvalue weighted by Gasteiger charge is 2.10. The highest BCUT2D eigenvalue weighted by Crippen LogP contribution is 2.16. The number of nitrogens with zero attached hydrogens (tertiary/aromatic N) is 2. The lowest BCUT2D eigenvalue weighted by Crippen LogP contribution is -2.19. The van der Waals surface area contributed by atoms with Gasteiger partial charge in [0.2, 0.25) is 0 Å². The summed E-state index contributed by atoms with van der Waals surface area (Å²) >= 11 is 0. The summed E-state index contributed by atoms with van der Waals surface area (Å²) in [5, 5.41) is 3.40. The fraction of sp³-hybridized carbons (Fsp3) is 0.412. The number of aromatic nitrogens is 2. The second-order valence-corrected chi connectivity index (χ2v) is 5.27. The van der Waals surface area contributed by atoms with Crippen LogP contribution in [-0.2, 0) is 6.42 Å². The van der Waals surface area contributed by atoms with Gasteiger partial charge in [0.25, 0.3) is 0 Å². The largest absolute Gasteiger partial charge is 0.310 e. The van der Waals surface area contributed by atoms with Crippen LogP contribution in [0.2, 0.25) is 0 Å². The van der Waals surface area contributed by atoms with Gasteiger partial charge in [0.05, 0.1) is 0 Å². The van der Waals surface area contributed by atoms with Crippen molar-refractivity contribution in [3.8, 4) is 0 Å². The zero-order valence-electron chi connectivity index (χ0n) is 12.8.